The number of aromatic nitrogens is 2. The van der Waals surface area contributed by atoms with Crippen LogP contribution in [0.2, 0.25) is 5.02 Å². The minimum atomic E-state index is -0.639. The molecule has 3 rings (SSSR count). The lowest BCUT2D eigenvalue weighted by atomic mass is 10.1. The highest BCUT2D eigenvalue weighted by Gasteiger charge is 2.18. The molecule has 1 aromatic carbocycles. The Balaban J connectivity index is 1.93. The van der Waals surface area contributed by atoms with E-state index in [4.69, 9.17) is 21.6 Å². The fourth-order valence-corrected chi connectivity index (χ4v) is 2.83. The van der Waals surface area contributed by atoms with Crippen LogP contribution in [0.15, 0.2) is 47.5 Å². The lowest BCUT2D eigenvalue weighted by Gasteiger charge is -2.13. The number of halogens is 2. The van der Waals surface area contributed by atoms with E-state index < -0.39 is 11.4 Å². The number of hydrogen-bond acceptors (Lipinski definition) is 4. The molecular weight excluding hydrogens is 369 g/mol. The van der Waals surface area contributed by atoms with Crippen molar-refractivity contribution in [1.82, 2.24) is 9.97 Å². The molecule has 0 unspecified atom stereocenters. The van der Waals surface area contributed by atoms with E-state index in [0.717, 1.165) is 5.56 Å². The summed E-state index contributed by atoms with van der Waals surface area (Å²) in [7, 11) is 0. The number of hydrogen-bond donors (Lipinski definition) is 1. The van der Waals surface area contributed by atoms with Crippen molar-refractivity contribution >= 4 is 11.6 Å². The van der Waals surface area contributed by atoms with Gasteiger partial charge in [-0.15, -0.1) is 0 Å². The van der Waals surface area contributed by atoms with E-state index in [2.05, 4.69) is 9.97 Å². The first-order valence-electron chi connectivity index (χ1n) is 8.16. The molecule has 0 atom stereocenters. The molecular formula is C20H15ClFN3O2. The highest BCUT2D eigenvalue weighted by atomic mass is 35.5. The van der Waals surface area contributed by atoms with Gasteiger partial charge in [0.05, 0.1) is 22.9 Å². The van der Waals surface area contributed by atoms with Gasteiger partial charge < -0.3 is 9.72 Å². The third-order valence-electron chi connectivity index (χ3n) is 4.04. The van der Waals surface area contributed by atoms with Crippen molar-refractivity contribution in [2.45, 2.75) is 19.8 Å². The first-order valence-corrected chi connectivity index (χ1v) is 8.54. The number of nitriles is 1. The van der Waals surface area contributed by atoms with Crippen LogP contribution in [0.5, 0.6) is 11.5 Å². The van der Waals surface area contributed by atoms with Crippen molar-refractivity contribution in [3.8, 4) is 17.6 Å². The van der Waals surface area contributed by atoms with E-state index in [1.165, 1.54) is 25.1 Å². The summed E-state index contributed by atoms with van der Waals surface area (Å²) in [5.74, 6) is -0.624. The van der Waals surface area contributed by atoms with Crippen molar-refractivity contribution in [2.24, 2.45) is 0 Å². The fraction of sp³-hybridized carbons (Fsp3) is 0.150. The third-order valence-corrected chi connectivity index (χ3v) is 4.26. The molecule has 0 amide bonds. The van der Waals surface area contributed by atoms with Crippen LogP contribution < -0.4 is 10.3 Å². The van der Waals surface area contributed by atoms with Crippen LogP contribution in [0.3, 0.4) is 0 Å². The number of rotatable bonds is 5. The number of pyridine rings is 2. The van der Waals surface area contributed by atoms with Crippen LogP contribution in [-0.4, -0.2) is 9.97 Å². The van der Waals surface area contributed by atoms with Gasteiger partial charge in [0, 0.05) is 17.4 Å². The van der Waals surface area contributed by atoms with Gasteiger partial charge in [-0.1, -0.05) is 11.6 Å². The summed E-state index contributed by atoms with van der Waals surface area (Å²) < 4.78 is 20.6. The highest BCUT2D eigenvalue weighted by Crippen LogP contribution is 2.30. The monoisotopic (exact) mass is 383 g/mol. The first-order chi connectivity index (χ1) is 13.0. The van der Waals surface area contributed by atoms with E-state index in [1.807, 2.05) is 18.2 Å². The number of nitrogens with zero attached hydrogens (tertiary/aromatic N) is 2. The molecule has 0 radical (unpaired) electrons. The average molecular weight is 384 g/mol. The smallest absolute Gasteiger partial charge is 0.255 e. The van der Waals surface area contributed by atoms with Gasteiger partial charge in [-0.25, -0.2) is 4.39 Å². The number of ether oxygens (including phenoxy) is 1. The van der Waals surface area contributed by atoms with Gasteiger partial charge in [-0.3, -0.25) is 9.78 Å². The van der Waals surface area contributed by atoms with Crippen LogP contribution in [0, 0.1) is 24.1 Å². The zero-order valence-electron chi connectivity index (χ0n) is 14.4. The minimum absolute atomic E-state index is 0.110. The predicted octanol–water partition coefficient (Wildman–Crippen LogP) is 4.32. The summed E-state index contributed by atoms with van der Waals surface area (Å²) in [4.78, 5) is 18.7. The van der Waals surface area contributed by atoms with Gasteiger partial charge in [0.15, 0.2) is 11.6 Å². The lowest BCUT2D eigenvalue weighted by molar-refractivity contribution is 0.430. The van der Waals surface area contributed by atoms with Crippen molar-refractivity contribution in [2.75, 3.05) is 0 Å². The molecule has 0 bridgehead atoms. The summed E-state index contributed by atoms with van der Waals surface area (Å²) in [6.45, 7) is 1.47. The van der Waals surface area contributed by atoms with E-state index in [1.54, 1.807) is 12.4 Å². The summed E-state index contributed by atoms with van der Waals surface area (Å²) in [6.07, 6.45) is 4.14. The Bertz CT molecular complexity index is 1080. The molecule has 0 spiro atoms. The Morgan fingerprint density at radius 1 is 1.26 bits per heavy atom. The Kier molecular flexibility index (Phi) is 5.53. The van der Waals surface area contributed by atoms with Crippen molar-refractivity contribution in [3.05, 3.63) is 86.3 Å². The van der Waals surface area contributed by atoms with Gasteiger partial charge in [0.1, 0.15) is 5.75 Å². The number of H-pyrrole nitrogens is 1. The molecule has 0 aliphatic carbocycles. The summed E-state index contributed by atoms with van der Waals surface area (Å²) in [5.41, 5.74) is 1.08. The lowest BCUT2D eigenvalue weighted by Crippen LogP contribution is -2.16. The maximum atomic E-state index is 15.0. The molecule has 3 aromatic rings. The Hall–Kier alpha value is -3.17. The van der Waals surface area contributed by atoms with Crippen molar-refractivity contribution < 1.29 is 9.13 Å². The molecule has 0 saturated carbocycles. The minimum Gasteiger partial charge on any atom is -0.454 e. The fourth-order valence-electron chi connectivity index (χ4n) is 2.61. The zero-order chi connectivity index (χ0) is 19.4. The van der Waals surface area contributed by atoms with Crippen molar-refractivity contribution in [1.29, 1.82) is 5.26 Å². The predicted molar refractivity (Wildman–Crippen MR) is 99.6 cm³/mol. The number of nitrogens with one attached hydrogen (secondary N) is 1. The Morgan fingerprint density at radius 3 is 2.70 bits per heavy atom. The summed E-state index contributed by atoms with van der Waals surface area (Å²) >= 11 is 5.96. The molecule has 5 nitrogen and oxygen atoms in total. The van der Waals surface area contributed by atoms with Crippen LogP contribution in [-0.2, 0) is 12.8 Å². The maximum Gasteiger partial charge on any atom is 0.255 e. The Labute approximate surface area is 160 Å². The number of aryl methyl sites for hydroxylation is 2. The zero-order valence-corrected chi connectivity index (χ0v) is 15.2. The second-order valence-corrected chi connectivity index (χ2v) is 6.38. The van der Waals surface area contributed by atoms with Gasteiger partial charge in [0.2, 0.25) is 0 Å². The van der Waals surface area contributed by atoms with Crippen molar-refractivity contribution in [3.63, 3.8) is 0 Å². The van der Waals surface area contributed by atoms with Crippen LogP contribution >= 0.6 is 11.6 Å². The molecule has 136 valence electrons. The van der Waals surface area contributed by atoms with Gasteiger partial charge in [0.25, 0.3) is 5.56 Å². The molecule has 0 aliphatic rings. The standard InChI is InChI=1S/C20H15ClFN3O2/c1-12-19(27-16-9-14(11-23)8-15(21)10-16)18(22)17(25-20(12)26)3-2-13-4-6-24-7-5-13/h4-10H,2-3H2,1H3,(H,25,26). The molecule has 2 aromatic heterocycles. The van der Waals surface area contributed by atoms with E-state index in [-0.39, 0.29) is 33.3 Å². The summed E-state index contributed by atoms with van der Waals surface area (Å²) in [5, 5.41) is 9.31. The SMILES string of the molecule is Cc1c(Oc2cc(Cl)cc(C#N)c2)c(F)c(CCc2ccncc2)[nH]c1=O. The van der Waals surface area contributed by atoms with Gasteiger partial charge in [-0.2, -0.15) is 5.26 Å². The normalized spacial score (nSPS) is 10.4. The molecule has 0 fully saturated rings. The van der Waals surface area contributed by atoms with E-state index in [9.17, 15) is 9.18 Å². The third kappa shape index (κ3) is 4.33. The van der Waals surface area contributed by atoms with E-state index >= 15 is 0 Å². The highest BCUT2D eigenvalue weighted by molar-refractivity contribution is 6.30. The molecule has 0 aliphatic heterocycles. The van der Waals surface area contributed by atoms with E-state index in [0.29, 0.717) is 12.8 Å². The first kappa shape index (κ1) is 18.6. The second-order valence-electron chi connectivity index (χ2n) is 5.95. The van der Waals surface area contributed by atoms with Crippen LogP contribution in [0.1, 0.15) is 22.4 Å². The van der Waals surface area contributed by atoms with Crippen LogP contribution in [0.4, 0.5) is 4.39 Å². The largest absolute Gasteiger partial charge is 0.454 e. The maximum absolute atomic E-state index is 15.0. The van der Waals surface area contributed by atoms with Gasteiger partial charge >= 0.3 is 0 Å². The number of benzene rings is 1. The molecule has 7 heteroatoms. The topological polar surface area (TPSA) is 78.8 Å². The second kappa shape index (κ2) is 8.02. The van der Waals surface area contributed by atoms with Gasteiger partial charge in [-0.05, 0) is 55.7 Å². The summed E-state index contributed by atoms with van der Waals surface area (Å²) in [6, 6.07) is 9.97. The molecule has 0 saturated heterocycles. The van der Waals surface area contributed by atoms with Crippen LogP contribution in [0.25, 0.3) is 0 Å². The Morgan fingerprint density at radius 2 is 2.00 bits per heavy atom. The molecule has 1 N–H and O–H groups in total. The quantitative estimate of drug-likeness (QED) is 0.711. The number of aromatic amines is 1. The molecule has 27 heavy (non-hydrogen) atoms. The molecule has 2 heterocycles. The average Bonchev–Trinajstić information content (AvgIpc) is 2.67.